The summed E-state index contributed by atoms with van der Waals surface area (Å²) in [6, 6.07) is -0.322. The van der Waals surface area contributed by atoms with Crippen molar-refractivity contribution in [2.24, 2.45) is 5.92 Å². The lowest BCUT2D eigenvalue weighted by Gasteiger charge is -2.36. The number of rotatable bonds is 4. The van der Waals surface area contributed by atoms with Gasteiger partial charge >= 0.3 is 12.0 Å². The van der Waals surface area contributed by atoms with Gasteiger partial charge in [-0.2, -0.15) is 0 Å². The fraction of sp³-hybridized carbons (Fsp3) is 0.818. The molecule has 1 heterocycles. The van der Waals surface area contributed by atoms with E-state index in [-0.39, 0.29) is 31.4 Å². The molecule has 7 heteroatoms. The molecule has 2 amide bonds. The summed E-state index contributed by atoms with van der Waals surface area (Å²) >= 11 is 0. The number of hydrogen-bond donors (Lipinski definition) is 3. The number of urea groups is 1. The summed E-state index contributed by atoms with van der Waals surface area (Å²) in [6.07, 6.45) is -0.519. The van der Waals surface area contributed by atoms with Gasteiger partial charge in [0.2, 0.25) is 0 Å². The molecule has 1 rings (SSSR count). The quantitative estimate of drug-likeness (QED) is 0.633. The standard InChI is InChI=1S/C11H20N2O5/c1-7(10(15)16)3-12-11(17)13-4-8(2)18-9(5-13)6-14/h7-9,14H,3-6H2,1-2H3,(H,12,17)(H,15,16). The third-order valence-corrected chi connectivity index (χ3v) is 2.80. The van der Waals surface area contributed by atoms with Gasteiger partial charge in [0, 0.05) is 13.1 Å². The summed E-state index contributed by atoms with van der Waals surface area (Å²) in [5.41, 5.74) is 0. The monoisotopic (exact) mass is 260 g/mol. The zero-order valence-electron chi connectivity index (χ0n) is 10.6. The highest BCUT2D eigenvalue weighted by Gasteiger charge is 2.28. The van der Waals surface area contributed by atoms with Crippen molar-refractivity contribution in [3.8, 4) is 0 Å². The first-order chi connectivity index (χ1) is 8.43. The normalized spacial score (nSPS) is 25.6. The average Bonchev–Trinajstić information content (AvgIpc) is 2.34. The van der Waals surface area contributed by atoms with Gasteiger partial charge in [-0.25, -0.2) is 4.79 Å². The van der Waals surface area contributed by atoms with Crippen LogP contribution in [0.2, 0.25) is 0 Å². The summed E-state index contributed by atoms with van der Waals surface area (Å²) in [4.78, 5) is 24.0. The van der Waals surface area contributed by atoms with Gasteiger partial charge in [0.15, 0.2) is 0 Å². The van der Waals surface area contributed by atoms with Gasteiger partial charge in [0.05, 0.1) is 31.3 Å². The smallest absolute Gasteiger partial charge is 0.317 e. The van der Waals surface area contributed by atoms with Gasteiger partial charge in [-0.05, 0) is 6.92 Å². The number of aliphatic hydroxyl groups is 1. The van der Waals surface area contributed by atoms with Gasteiger partial charge in [0.1, 0.15) is 0 Å². The molecule has 1 aliphatic heterocycles. The van der Waals surface area contributed by atoms with Crippen LogP contribution in [-0.2, 0) is 9.53 Å². The molecule has 7 nitrogen and oxygen atoms in total. The molecule has 18 heavy (non-hydrogen) atoms. The molecule has 3 N–H and O–H groups in total. The van der Waals surface area contributed by atoms with E-state index in [4.69, 9.17) is 14.9 Å². The molecule has 1 aliphatic rings. The Bertz CT molecular complexity index is 310. The van der Waals surface area contributed by atoms with Crippen molar-refractivity contribution < 1.29 is 24.5 Å². The number of nitrogens with zero attached hydrogens (tertiary/aromatic N) is 1. The van der Waals surface area contributed by atoms with E-state index in [1.54, 1.807) is 0 Å². The van der Waals surface area contributed by atoms with Crippen LogP contribution < -0.4 is 5.32 Å². The van der Waals surface area contributed by atoms with Crippen molar-refractivity contribution in [1.82, 2.24) is 10.2 Å². The van der Waals surface area contributed by atoms with Crippen molar-refractivity contribution >= 4 is 12.0 Å². The third kappa shape index (κ3) is 4.15. The number of ether oxygens (including phenoxy) is 1. The lowest BCUT2D eigenvalue weighted by atomic mass is 10.2. The molecular formula is C11H20N2O5. The fourth-order valence-electron chi connectivity index (χ4n) is 1.75. The van der Waals surface area contributed by atoms with Crippen molar-refractivity contribution in [2.75, 3.05) is 26.2 Å². The molecule has 0 aromatic rings. The first kappa shape index (κ1) is 14.7. The van der Waals surface area contributed by atoms with Gasteiger partial charge in [0.25, 0.3) is 0 Å². The van der Waals surface area contributed by atoms with E-state index in [0.29, 0.717) is 13.1 Å². The topological polar surface area (TPSA) is 99.1 Å². The molecule has 0 aromatic carbocycles. The maximum atomic E-state index is 11.8. The molecule has 0 aromatic heterocycles. The number of carbonyl (C=O) groups is 2. The number of amides is 2. The van der Waals surface area contributed by atoms with Gasteiger partial charge in [-0.3, -0.25) is 4.79 Å². The van der Waals surface area contributed by atoms with Crippen LogP contribution in [0, 0.1) is 5.92 Å². The average molecular weight is 260 g/mol. The first-order valence-corrected chi connectivity index (χ1v) is 5.96. The predicted octanol–water partition coefficient (Wildman–Crippen LogP) is -0.502. The summed E-state index contributed by atoms with van der Waals surface area (Å²) in [5.74, 6) is -1.57. The Morgan fingerprint density at radius 2 is 2.17 bits per heavy atom. The zero-order valence-corrected chi connectivity index (χ0v) is 10.6. The predicted molar refractivity (Wildman–Crippen MR) is 63.2 cm³/mol. The molecule has 0 aliphatic carbocycles. The second-order valence-electron chi connectivity index (χ2n) is 4.58. The van der Waals surface area contributed by atoms with Crippen molar-refractivity contribution in [3.63, 3.8) is 0 Å². The van der Waals surface area contributed by atoms with Crippen LogP contribution in [0.5, 0.6) is 0 Å². The lowest BCUT2D eigenvalue weighted by Crippen LogP contribution is -2.53. The molecule has 3 atom stereocenters. The molecule has 1 fully saturated rings. The van der Waals surface area contributed by atoms with E-state index >= 15 is 0 Å². The van der Waals surface area contributed by atoms with Crippen LogP contribution in [0.25, 0.3) is 0 Å². The first-order valence-electron chi connectivity index (χ1n) is 5.96. The highest BCUT2D eigenvalue weighted by Crippen LogP contribution is 2.10. The number of morpholine rings is 1. The molecule has 3 unspecified atom stereocenters. The third-order valence-electron chi connectivity index (χ3n) is 2.80. The summed E-state index contributed by atoms with van der Waals surface area (Å²) in [7, 11) is 0. The SMILES string of the molecule is CC1CN(C(=O)NCC(C)C(=O)O)CC(CO)O1. The fourth-order valence-corrected chi connectivity index (χ4v) is 1.75. The van der Waals surface area contributed by atoms with Crippen LogP contribution in [0.4, 0.5) is 4.79 Å². The highest BCUT2D eigenvalue weighted by atomic mass is 16.5. The van der Waals surface area contributed by atoms with Crippen molar-refractivity contribution in [2.45, 2.75) is 26.1 Å². The minimum absolute atomic E-state index is 0.0870. The molecule has 0 radical (unpaired) electrons. The van der Waals surface area contributed by atoms with Crippen molar-refractivity contribution in [1.29, 1.82) is 0 Å². The Balaban J connectivity index is 2.43. The molecular weight excluding hydrogens is 240 g/mol. The number of carboxylic acids is 1. The van der Waals surface area contributed by atoms with E-state index in [1.807, 2.05) is 6.92 Å². The summed E-state index contributed by atoms with van der Waals surface area (Å²) < 4.78 is 5.41. The number of hydrogen-bond acceptors (Lipinski definition) is 4. The van der Waals surface area contributed by atoms with Crippen LogP contribution in [-0.4, -0.2) is 65.6 Å². The zero-order chi connectivity index (χ0) is 13.7. The Morgan fingerprint density at radius 1 is 1.50 bits per heavy atom. The minimum atomic E-state index is -0.945. The van der Waals surface area contributed by atoms with Crippen molar-refractivity contribution in [3.05, 3.63) is 0 Å². The summed E-state index contributed by atoms with van der Waals surface area (Å²) in [6.45, 7) is 4.05. The highest BCUT2D eigenvalue weighted by molar-refractivity contribution is 5.76. The van der Waals surface area contributed by atoms with Crippen LogP contribution in [0.3, 0.4) is 0 Å². The lowest BCUT2D eigenvalue weighted by molar-refractivity contribution is -0.140. The number of aliphatic hydroxyl groups excluding tert-OH is 1. The van der Waals surface area contributed by atoms with Crippen LogP contribution in [0.15, 0.2) is 0 Å². The number of carboxylic acid groups (broad SMARTS) is 1. The largest absolute Gasteiger partial charge is 0.481 e. The molecule has 0 saturated carbocycles. The number of nitrogens with one attached hydrogen (secondary N) is 1. The van der Waals surface area contributed by atoms with Gasteiger partial charge < -0.3 is 25.2 Å². The Morgan fingerprint density at radius 3 is 2.72 bits per heavy atom. The maximum Gasteiger partial charge on any atom is 0.317 e. The van der Waals surface area contributed by atoms with E-state index in [0.717, 1.165) is 0 Å². The van der Waals surface area contributed by atoms with Crippen LogP contribution in [0.1, 0.15) is 13.8 Å². The Labute approximate surface area is 106 Å². The molecule has 1 saturated heterocycles. The minimum Gasteiger partial charge on any atom is -0.481 e. The number of carbonyl (C=O) groups excluding carboxylic acids is 1. The maximum absolute atomic E-state index is 11.8. The van der Waals surface area contributed by atoms with E-state index < -0.39 is 11.9 Å². The van der Waals surface area contributed by atoms with Gasteiger partial charge in [-0.1, -0.05) is 6.92 Å². The van der Waals surface area contributed by atoms with Gasteiger partial charge in [-0.15, -0.1) is 0 Å². The van der Waals surface area contributed by atoms with E-state index in [2.05, 4.69) is 5.32 Å². The van der Waals surface area contributed by atoms with E-state index in [1.165, 1.54) is 11.8 Å². The molecule has 0 bridgehead atoms. The van der Waals surface area contributed by atoms with E-state index in [9.17, 15) is 9.59 Å². The Kier molecular flexibility index (Phi) is 5.36. The second-order valence-corrected chi connectivity index (χ2v) is 4.58. The Hall–Kier alpha value is -1.34. The summed E-state index contributed by atoms with van der Waals surface area (Å²) in [5, 5.41) is 20.3. The molecule has 0 spiro atoms. The molecule has 104 valence electrons. The van der Waals surface area contributed by atoms with Crippen LogP contribution >= 0.6 is 0 Å². The second kappa shape index (κ2) is 6.55. The number of aliphatic carboxylic acids is 1.